The van der Waals surface area contributed by atoms with Crippen LogP contribution >= 0.6 is 23.1 Å². The van der Waals surface area contributed by atoms with Crippen molar-refractivity contribution in [2.75, 3.05) is 30.5 Å². The van der Waals surface area contributed by atoms with Crippen LogP contribution in [0.1, 0.15) is 17.4 Å². The lowest BCUT2D eigenvalue weighted by molar-refractivity contribution is 0.0521. The summed E-state index contributed by atoms with van der Waals surface area (Å²) in [5, 5.41) is 3.96. The molecular formula is C9H14N2O2S2. The third-order valence-electron chi connectivity index (χ3n) is 1.63. The van der Waals surface area contributed by atoms with Gasteiger partial charge < -0.3 is 10.1 Å². The Balaban J connectivity index is 2.56. The molecule has 0 atom stereocenters. The molecule has 0 radical (unpaired) electrons. The Morgan fingerprint density at radius 1 is 1.73 bits per heavy atom. The molecule has 0 aliphatic rings. The Labute approximate surface area is 97.4 Å². The fourth-order valence-electron chi connectivity index (χ4n) is 0.983. The van der Waals surface area contributed by atoms with Gasteiger partial charge in [0.15, 0.2) is 5.69 Å². The molecule has 0 aliphatic heterocycles. The maximum Gasteiger partial charge on any atom is 0.360 e. The minimum Gasteiger partial charge on any atom is -0.461 e. The van der Waals surface area contributed by atoms with Crippen LogP contribution in [0, 0.1) is 0 Å². The number of thiazole rings is 1. The summed E-state index contributed by atoms with van der Waals surface area (Å²) in [5.41, 5.74) is 2.04. The predicted molar refractivity (Wildman–Crippen MR) is 64.9 cm³/mol. The van der Waals surface area contributed by atoms with Gasteiger partial charge >= 0.3 is 5.97 Å². The fraction of sp³-hybridized carbons (Fsp3) is 0.556. The number of aromatic nitrogens is 1. The van der Waals surface area contributed by atoms with Crippen LogP contribution in [-0.4, -0.2) is 36.1 Å². The summed E-state index contributed by atoms with van der Waals surface area (Å²) >= 11 is 3.18. The first-order valence-electron chi connectivity index (χ1n) is 4.63. The third kappa shape index (κ3) is 3.71. The van der Waals surface area contributed by atoms with Gasteiger partial charge in [-0.3, -0.25) is 0 Å². The molecule has 1 rings (SSSR count). The van der Waals surface area contributed by atoms with E-state index in [1.54, 1.807) is 24.2 Å². The van der Waals surface area contributed by atoms with Crippen LogP contribution in [0.4, 0.5) is 5.00 Å². The zero-order chi connectivity index (χ0) is 11.1. The number of nitrogens with one attached hydrogen (secondary N) is 1. The number of nitrogens with zero attached hydrogens (tertiary/aromatic N) is 1. The quantitative estimate of drug-likeness (QED) is 0.615. The SMILES string of the molecule is CCOC(=O)c1ncsc1NCCSC. The summed E-state index contributed by atoms with van der Waals surface area (Å²) in [5.74, 6) is 0.644. The van der Waals surface area contributed by atoms with Gasteiger partial charge in [-0.2, -0.15) is 11.8 Å². The van der Waals surface area contributed by atoms with E-state index in [2.05, 4.69) is 10.3 Å². The Hall–Kier alpha value is -0.750. The van der Waals surface area contributed by atoms with Crippen LogP contribution in [-0.2, 0) is 4.74 Å². The average molecular weight is 246 g/mol. The first-order valence-corrected chi connectivity index (χ1v) is 6.90. The van der Waals surface area contributed by atoms with Crippen LogP contribution < -0.4 is 5.32 Å². The van der Waals surface area contributed by atoms with Gasteiger partial charge in [-0.1, -0.05) is 0 Å². The second-order valence-electron chi connectivity index (χ2n) is 2.67. The normalized spacial score (nSPS) is 10.0. The lowest BCUT2D eigenvalue weighted by Gasteiger charge is -2.04. The van der Waals surface area contributed by atoms with Crippen LogP contribution in [0.3, 0.4) is 0 Å². The molecule has 1 N–H and O–H groups in total. The topological polar surface area (TPSA) is 51.2 Å². The fourth-order valence-corrected chi connectivity index (χ4v) is 1.99. The van der Waals surface area contributed by atoms with Crippen molar-refractivity contribution in [3.63, 3.8) is 0 Å². The Morgan fingerprint density at radius 2 is 2.53 bits per heavy atom. The van der Waals surface area contributed by atoms with Crippen molar-refractivity contribution in [2.45, 2.75) is 6.92 Å². The summed E-state index contributed by atoms with van der Waals surface area (Å²) < 4.78 is 4.89. The molecular weight excluding hydrogens is 232 g/mol. The van der Waals surface area contributed by atoms with E-state index in [1.165, 1.54) is 11.3 Å². The highest BCUT2D eigenvalue weighted by molar-refractivity contribution is 7.98. The minimum absolute atomic E-state index is 0.356. The molecule has 0 aliphatic carbocycles. The van der Waals surface area contributed by atoms with Crippen molar-refractivity contribution in [1.29, 1.82) is 0 Å². The largest absolute Gasteiger partial charge is 0.461 e. The van der Waals surface area contributed by atoms with Crippen LogP contribution in [0.25, 0.3) is 0 Å². The molecule has 0 bridgehead atoms. The monoisotopic (exact) mass is 246 g/mol. The van der Waals surface area contributed by atoms with Gasteiger partial charge in [0.05, 0.1) is 12.1 Å². The van der Waals surface area contributed by atoms with Gasteiger partial charge in [-0.05, 0) is 13.2 Å². The predicted octanol–water partition coefficient (Wildman–Crippen LogP) is 2.09. The van der Waals surface area contributed by atoms with Crippen molar-refractivity contribution >= 4 is 34.1 Å². The van der Waals surface area contributed by atoms with Gasteiger partial charge in [-0.25, -0.2) is 9.78 Å². The Kier molecular flexibility index (Phi) is 5.49. The Morgan fingerprint density at radius 3 is 3.20 bits per heavy atom. The number of ether oxygens (including phenoxy) is 1. The highest BCUT2D eigenvalue weighted by atomic mass is 32.2. The Bertz CT molecular complexity index is 315. The summed E-state index contributed by atoms with van der Waals surface area (Å²) in [4.78, 5) is 15.4. The second-order valence-corrected chi connectivity index (χ2v) is 4.51. The molecule has 6 heteroatoms. The smallest absolute Gasteiger partial charge is 0.360 e. The van der Waals surface area contributed by atoms with E-state index in [4.69, 9.17) is 4.74 Å². The molecule has 0 amide bonds. The zero-order valence-corrected chi connectivity index (χ0v) is 10.4. The van der Waals surface area contributed by atoms with E-state index in [0.717, 1.165) is 17.3 Å². The molecule has 1 heterocycles. The molecule has 0 unspecified atom stereocenters. The second kappa shape index (κ2) is 6.68. The number of rotatable bonds is 6. The van der Waals surface area contributed by atoms with Crippen molar-refractivity contribution in [3.05, 3.63) is 11.2 Å². The van der Waals surface area contributed by atoms with E-state index >= 15 is 0 Å². The van der Waals surface area contributed by atoms with Crippen LogP contribution in [0.5, 0.6) is 0 Å². The number of esters is 1. The van der Waals surface area contributed by atoms with Gasteiger partial charge in [0.25, 0.3) is 0 Å². The average Bonchev–Trinajstić information content (AvgIpc) is 2.67. The summed E-state index contributed by atoms with van der Waals surface area (Å²) in [6.07, 6.45) is 2.04. The van der Waals surface area contributed by atoms with Gasteiger partial charge in [0.1, 0.15) is 5.00 Å². The van der Waals surface area contributed by atoms with Gasteiger partial charge in [0, 0.05) is 12.3 Å². The molecule has 1 aromatic rings. The molecule has 0 aromatic carbocycles. The summed E-state index contributed by atoms with van der Waals surface area (Å²) in [7, 11) is 0. The number of anilines is 1. The van der Waals surface area contributed by atoms with Gasteiger partial charge in [0.2, 0.25) is 0 Å². The number of hydrogen-bond donors (Lipinski definition) is 1. The maximum absolute atomic E-state index is 11.4. The van der Waals surface area contributed by atoms with E-state index in [9.17, 15) is 4.79 Å². The molecule has 1 aromatic heterocycles. The standard InChI is InChI=1S/C9H14N2O2S2/c1-3-13-9(12)7-8(15-6-11-7)10-4-5-14-2/h6,10H,3-5H2,1-2H3. The first kappa shape index (κ1) is 12.3. The first-order chi connectivity index (χ1) is 7.29. The third-order valence-corrected chi connectivity index (χ3v) is 3.02. The molecule has 15 heavy (non-hydrogen) atoms. The van der Waals surface area contributed by atoms with Crippen molar-refractivity contribution in [2.24, 2.45) is 0 Å². The molecule has 84 valence electrons. The van der Waals surface area contributed by atoms with E-state index in [1.807, 2.05) is 6.26 Å². The number of thioether (sulfide) groups is 1. The summed E-state index contributed by atoms with van der Waals surface area (Å²) in [6.45, 7) is 2.99. The maximum atomic E-state index is 11.4. The molecule has 0 saturated carbocycles. The van der Waals surface area contributed by atoms with E-state index in [0.29, 0.717) is 12.3 Å². The van der Waals surface area contributed by atoms with Crippen LogP contribution in [0.2, 0.25) is 0 Å². The minimum atomic E-state index is -0.356. The lowest BCUT2D eigenvalue weighted by atomic mass is 10.4. The van der Waals surface area contributed by atoms with Crippen molar-refractivity contribution in [1.82, 2.24) is 4.98 Å². The molecule has 0 spiro atoms. The number of carbonyl (C=O) groups excluding carboxylic acids is 1. The molecule has 0 fully saturated rings. The highest BCUT2D eigenvalue weighted by Crippen LogP contribution is 2.20. The van der Waals surface area contributed by atoms with Crippen molar-refractivity contribution in [3.8, 4) is 0 Å². The molecule has 0 saturated heterocycles. The van der Waals surface area contributed by atoms with E-state index < -0.39 is 0 Å². The molecule has 4 nitrogen and oxygen atoms in total. The van der Waals surface area contributed by atoms with E-state index in [-0.39, 0.29) is 5.97 Å². The van der Waals surface area contributed by atoms with Crippen LogP contribution in [0.15, 0.2) is 5.51 Å². The highest BCUT2D eigenvalue weighted by Gasteiger charge is 2.15. The number of hydrogen-bond acceptors (Lipinski definition) is 6. The van der Waals surface area contributed by atoms with Crippen molar-refractivity contribution < 1.29 is 9.53 Å². The number of carbonyl (C=O) groups is 1. The summed E-state index contributed by atoms with van der Waals surface area (Å²) in [6, 6.07) is 0. The lowest BCUT2D eigenvalue weighted by Crippen LogP contribution is -2.10. The zero-order valence-electron chi connectivity index (χ0n) is 8.78. The van der Waals surface area contributed by atoms with Gasteiger partial charge in [-0.15, -0.1) is 11.3 Å².